The number of nitrogens with one attached hydrogen (secondary N) is 1. The van der Waals surface area contributed by atoms with E-state index in [9.17, 15) is 9.90 Å². The van der Waals surface area contributed by atoms with E-state index in [1.165, 1.54) is 11.1 Å². The summed E-state index contributed by atoms with van der Waals surface area (Å²) in [6, 6.07) is 11.2. The van der Waals surface area contributed by atoms with E-state index in [2.05, 4.69) is 31.3 Å². The van der Waals surface area contributed by atoms with Gasteiger partial charge in [-0.25, -0.2) is 4.79 Å². The second kappa shape index (κ2) is 5.97. The van der Waals surface area contributed by atoms with Gasteiger partial charge in [-0.1, -0.05) is 29.8 Å². The lowest BCUT2D eigenvalue weighted by atomic mass is 10.1. The Balaban J connectivity index is 1.97. The normalized spacial score (nSPS) is 10.9. The fourth-order valence-electron chi connectivity index (χ4n) is 2.50. The van der Waals surface area contributed by atoms with Crippen LogP contribution in [-0.4, -0.2) is 11.1 Å². The molecule has 0 atom stereocenters. The smallest absolute Gasteiger partial charge is 0.374 e. The predicted molar refractivity (Wildman–Crippen MR) is 91.4 cm³/mol. The van der Waals surface area contributed by atoms with Gasteiger partial charge in [0.05, 0.1) is 5.69 Å². The molecule has 0 saturated carbocycles. The Morgan fingerprint density at radius 3 is 2.65 bits per heavy atom. The molecule has 0 spiro atoms. The molecule has 5 heteroatoms. The Bertz CT molecular complexity index is 899. The molecule has 0 aliphatic rings. The highest BCUT2D eigenvalue weighted by atomic mass is 35.5. The topological polar surface area (TPSA) is 62.5 Å². The van der Waals surface area contributed by atoms with E-state index in [0.717, 1.165) is 5.56 Å². The Labute approximate surface area is 138 Å². The largest absolute Gasteiger partial charge is 0.475 e. The molecule has 1 heterocycles. The van der Waals surface area contributed by atoms with Gasteiger partial charge in [-0.15, -0.1) is 0 Å². The number of anilines is 1. The van der Waals surface area contributed by atoms with Crippen molar-refractivity contribution >= 4 is 34.2 Å². The first-order chi connectivity index (χ1) is 11.0. The number of benzene rings is 2. The van der Waals surface area contributed by atoms with Crippen LogP contribution in [0.5, 0.6) is 0 Å². The molecule has 0 radical (unpaired) electrons. The zero-order chi connectivity index (χ0) is 16.6. The third-order valence-electron chi connectivity index (χ3n) is 3.88. The van der Waals surface area contributed by atoms with Gasteiger partial charge in [-0.2, -0.15) is 0 Å². The van der Waals surface area contributed by atoms with Gasteiger partial charge in [0, 0.05) is 17.0 Å². The second-order valence-electron chi connectivity index (χ2n) is 5.52. The zero-order valence-electron chi connectivity index (χ0n) is 12.8. The Morgan fingerprint density at radius 1 is 1.17 bits per heavy atom. The van der Waals surface area contributed by atoms with Crippen molar-refractivity contribution in [1.82, 2.24) is 0 Å². The van der Waals surface area contributed by atoms with Crippen LogP contribution >= 0.6 is 11.6 Å². The number of fused-ring (bicyclic) bond motifs is 1. The molecular formula is C18H16ClNO3. The fourth-order valence-corrected chi connectivity index (χ4v) is 2.67. The number of aryl methyl sites for hydroxylation is 2. The third kappa shape index (κ3) is 3.03. The van der Waals surface area contributed by atoms with Crippen molar-refractivity contribution in [2.75, 3.05) is 5.32 Å². The molecule has 0 aliphatic carbocycles. The maximum Gasteiger partial charge on any atom is 0.374 e. The number of aromatic carboxylic acids is 1. The summed E-state index contributed by atoms with van der Waals surface area (Å²) >= 11 is 6.02. The Hall–Kier alpha value is -2.46. The zero-order valence-corrected chi connectivity index (χ0v) is 13.6. The summed E-state index contributed by atoms with van der Waals surface area (Å²) in [6.07, 6.45) is 0. The van der Waals surface area contributed by atoms with E-state index < -0.39 is 5.97 Å². The predicted octanol–water partition coefficient (Wildman–Crippen LogP) is 5.01. The van der Waals surface area contributed by atoms with Gasteiger partial charge < -0.3 is 14.8 Å². The maximum absolute atomic E-state index is 11.4. The van der Waals surface area contributed by atoms with Crippen LogP contribution in [-0.2, 0) is 6.54 Å². The van der Waals surface area contributed by atoms with Crippen LogP contribution in [0.4, 0.5) is 5.69 Å². The van der Waals surface area contributed by atoms with Crippen molar-refractivity contribution in [3.05, 3.63) is 63.9 Å². The van der Waals surface area contributed by atoms with Crippen LogP contribution < -0.4 is 5.32 Å². The molecule has 1 aromatic heterocycles. The van der Waals surface area contributed by atoms with E-state index in [1.807, 2.05) is 6.07 Å². The summed E-state index contributed by atoms with van der Waals surface area (Å²) in [5.74, 6) is -1.22. The van der Waals surface area contributed by atoms with Gasteiger partial charge in [-0.05, 0) is 48.7 Å². The van der Waals surface area contributed by atoms with Crippen LogP contribution in [0.15, 0.2) is 40.8 Å². The highest BCUT2D eigenvalue weighted by molar-refractivity contribution is 6.31. The summed E-state index contributed by atoms with van der Waals surface area (Å²) in [5.41, 5.74) is 4.44. The third-order valence-corrected chi connectivity index (χ3v) is 4.12. The number of carboxylic acids is 1. The van der Waals surface area contributed by atoms with Crippen molar-refractivity contribution in [2.45, 2.75) is 20.4 Å². The second-order valence-corrected chi connectivity index (χ2v) is 5.96. The van der Waals surface area contributed by atoms with Gasteiger partial charge in [0.25, 0.3) is 0 Å². The van der Waals surface area contributed by atoms with Gasteiger partial charge in [0.2, 0.25) is 5.76 Å². The first-order valence-electron chi connectivity index (χ1n) is 7.21. The van der Waals surface area contributed by atoms with Crippen molar-refractivity contribution < 1.29 is 14.3 Å². The molecule has 4 nitrogen and oxygen atoms in total. The van der Waals surface area contributed by atoms with E-state index in [-0.39, 0.29) is 5.76 Å². The van der Waals surface area contributed by atoms with Crippen molar-refractivity contribution in [1.29, 1.82) is 0 Å². The van der Waals surface area contributed by atoms with Crippen LogP contribution in [0.1, 0.15) is 27.2 Å². The molecule has 0 aliphatic heterocycles. The van der Waals surface area contributed by atoms with Crippen LogP contribution in [0.3, 0.4) is 0 Å². The van der Waals surface area contributed by atoms with Gasteiger partial charge in [0.1, 0.15) is 5.58 Å². The first-order valence-corrected chi connectivity index (χ1v) is 7.59. The number of carboxylic acid groups (broad SMARTS) is 1. The monoisotopic (exact) mass is 329 g/mol. The average Bonchev–Trinajstić information content (AvgIpc) is 2.86. The lowest BCUT2D eigenvalue weighted by Crippen LogP contribution is -2.04. The molecule has 2 N–H and O–H groups in total. The Kier molecular flexibility index (Phi) is 4.01. The molecule has 3 aromatic rings. The number of rotatable bonds is 4. The van der Waals surface area contributed by atoms with Crippen LogP contribution in [0.2, 0.25) is 5.02 Å². The van der Waals surface area contributed by atoms with Crippen molar-refractivity contribution in [3.63, 3.8) is 0 Å². The highest BCUT2D eigenvalue weighted by Crippen LogP contribution is 2.33. The summed E-state index contributed by atoms with van der Waals surface area (Å²) in [6.45, 7) is 4.61. The maximum atomic E-state index is 11.4. The molecule has 2 aromatic carbocycles. The molecular weight excluding hydrogens is 314 g/mol. The number of hydrogen-bond acceptors (Lipinski definition) is 3. The number of hydrogen-bond donors (Lipinski definition) is 2. The quantitative estimate of drug-likeness (QED) is 0.706. The minimum Gasteiger partial charge on any atom is -0.475 e. The number of carbonyl (C=O) groups is 1. The van der Waals surface area contributed by atoms with E-state index in [1.54, 1.807) is 18.2 Å². The van der Waals surface area contributed by atoms with Crippen LogP contribution in [0, 0.1) is 13.8 Å². The van der Waals surface area contributed by atoms with E-state index >= 15 is 0 Å². The number of halogens is 1. The van der Waals surface area contributed by atoms with Crippen molar-refractivity contribution in [3.8, 4) is 0 Å². The van der Waals surface area contributed by atoms with Crippen LogP contribution in [0.25, 0.3) is 11.0 Å². The molecule has 0 bridgehead atoms. The number of furan rings is 1. The van der Waals surface area contributed by atoms with E-state index in [4.69, 9.17) is 16.0 Å². The minimum atomic E-state index is -1.11. The average molecular weight is 330 g/mol. The lowest BCUT2D eigenvalue weighted by molar-refractivity contribution is 0.0666. The van der Waals surface area contributed by atoms with Crippen molar-refractivity contribution in [2.24, 2.45) is 0 Å². The molecule has 0 amide bonds. The SMILES string of the molecule is Cc1ccc(CNc2c(C(=O)O)oc3ccc(Cl)cc23)cc1C. The first kappa shape index (κ1) is 15.4. The summed E-state index contributed by atoms with van der Waals surface area (Å²) in [5, 5.41) is 13.7. The van der Waals surface area contributed by atoms with Gasteiger partial charge in [-0.3, -0.25) is 0 Å². The standard InChI is InChI=1S/C18H16ClNO3/c1-10-3-4-12(7-11(10)2)9-20-16-14-8-13(19)5-6-15(14)23-17(16)18(21)22/h3-8,20H,9H2,1-2H3,(H,21,22). The minimum absolute atomic E-state index is 0.105. The molecule has 3 rings (SSSR count). The molecule has 0 saturated heterocycles. The highest BCUT2D eigenvalue weighted by Gasteiger charge is 2.20. The lowest BCUT2D eigenvalue weighted by Gasteiger charge is -2.08. The fraction of sp³-hybridized carbons (Fsp3) is 0.167. The summed E-state index contributed by atoms with van der Waals surface area (Å²) in [4.78, 5) is 11.4. The van der Waals surface area contributed by atoms with Gasteiger partial charge in [0.15, 0.2) is 0 Å². The molecule has 0 unspecified atom stereocenters. The summed E-state index contributed by atoms with van der Waals surface area (Å²) in [7, 11) is 0. The molecule has 0 fully saturated rings. The van der Waals surface area contributed by atoms with Gasteiger partial charge >= 0.3 is 5.97 Å². The van der Waals surface area contributed by atoms with E-state index in [0.29, 0.717) is 28.2 Å². The Morgan fingerprint density at radius 2 is 1.96 bits per heavy atom. The molecule has 118 valence electrons. The molecule has 23 heavy (non-hydrogen) atoms. The summed E-state index contributed by atoms with van der Waals surface area (Å²) < 4.78 is 5.43.